The summed E-state index contributed by atoms with van der Waals surface area (Å²) in [7, 11) is 0. The van der Waals surface area contributed by atoms with Gasteiger partial charge >= 0.3 is 0 Å². The molecule has 3 heteroatoms. The lowest BCUT2D eigenvalue weighted by Gasteiger charge is -2.13. The van der Waals surface area contributed by atoms with Crippen molar-refractivity contribution in [1.82, 2.24) is 0 Å². The lowest BCUT2D eigenvalue weighted by Crippen LogP contribution is -2.11. The van der Waals surface area contributed by atoms with Gasteiger partial charge in [0.2, 0.25) is 0 Å². The zero-order chi connectivity index (χ0) is 11.9. The number of halogens is 1. The van der Waals surface area contributed by atoms with Gasteiger partial charge in [0.15, 0.2) is 0 Å². The molecule has 0 aromatic rings. The van der Waals surface area contributed by atoms with Crippen LogP contribution in [-0.4, -0.2) is 19.3 Å². The molecule has 0 aliphatic rings. The minimum atomic E-state index is 0.222. The van der Waals surface area contributed by atoms with Gasteiger partial charge in [0.1, 0.15) is 0 Å². The molecule has 0 saturated heterocycles. The molecule has 0 N–H and O–H groups in total. The van der Waals surface area contributed by atoms with E-state index in [9.17, 15) is 4.53 Å². The molecule has 0 unspecified atom stereocenters. The molecule has 0 saturated carbocycles. The summed E-state index contributed by atoms with van der Waals surface area (Å²) >= 11 is 0. The lowest BCUT2D eigenvalue weighted by atomic mass is 10.2. The maximum absolute atomic E-state index is 10.5. The van der Waals surface area contributed by atoms with Crippen molar-refractivity contribution in [2.45, 2.75) is 65.9 Å². The maximum Gasteiger partial charge on any atom is 0.0873 e. The van der Waals surface area contributed by atoms with Crippen LogP contribution in [0.25, 0.3) is 0 Å². The summed E-state index contributed by atoms with van der Waals surface area (Å²) in [6.45, 7) is 9.55. The molecule has 0 heterocycles. The van der Waals surface area contributed by atoms with Crippen LogP contribution in [0.4, 0.5) is 4.53 Å². The largest absolute Gasteiger partial charge is 0.378 e. The van der Waals surface area contributed by atoms with Crippen molar-refractivity contribution in [2.24, 2.45) is 0 Å². The summed E-state index contributed by atoms with van der Waals surface area (Å²) in [6, 6.07) is 0. The molecule has 0 aromatic heterocycles. The smallest absolute Gasteiger partial charge is 0.0873 e. The molecule has 94 valence electrons. The van der Waals surface area contributed by atoms with Crippen LogP contribution in [0.5, 0.6) is 0 Å². The van der Waals surface area contributed by atoms with E-state index < -0.39 is 0 Å². The second kappa shape index (κ2) is 16.3. The Morgan fingerprint density at radius 2 is 1.53 bits per heavy atom. The van der Waals surface area contributed by atoms with Gasteiger partial charge in [-0.2, -0.15) is 4.94 Å². The van der Waals surface area contributed by atoms with Crippen LogP contribution in [0, 0.1) is 0 Å². The SMILES string of the molecule is CCCOF.CCCO[C@H](CC)CCC. The quantitative estimate of drug-likeness (QED) is 0.610. The first-order chi connectivity index (χ1) is 7.26. The van der Waals surface area contributed by atoms with Gasteiger partial charge in [0, 0.05) is 6.61 Å². The van der Waals surface area contributed by atoms with Gasteiger partial charge in [-0.25, -0.2) is 0 Å². The van der Waals surface area contributed by atoms with E-state index in [1.54, 1.807) is 0 Å². The third-order valence-electron chi connectivity index (χ3n) is 1.90. The fourth-order valence-corrected chi connectivity index (χ4v) is 1.09. The predicted octanol–water partition coefficient (Wildman–Crippen LogP) is 4.29. The zero-order valence-corrected chi connectivity index (χ0v) is 10.7. The highest BCUT2D eigenvalue weighted by molar-refractivity contribution is 4.52. The van der Waals surface area contributed by atoms with E-state index in [-0.39, 0.29) is 6.61 Å². The van der Waals surface area contributed by atoms with Crippen molar-refractivity contribution in [1.29, 1.82) is 0 Å². The lowest BCUT2D eigenvalue weighted by molar-refractivity contribution is -0.131. The van der Waals surface area contributed by atoms with Gasteiger partial charge < -0.3 is 4.74 Å². The van der Waals surface area contributed by atoms with Crippen molar-refractivity contribution in [3.8, 4) is 0 Å². The van der Waals surface area contributed by atoms with Crippen LogP contribution in [-0.2, 0) is 9.68 Å². The van der Waals surface area contributed by atoms with Crippen LogP contribution in [0.1, 0.15) is 59.8 Å². The molecule has 0 bridgehead atoms. The van der Waals surface area contributed by atoms with Gasteiger partial charge in [0.25, 0.3) is 0 Å². The van der Waals surface area contributed by atoms with Crippen molar-refractivity contribution in [3.63, 3.8) is 0 Å². The molecule has 0 aliphatic heterocycles. The van der Waals surface area contributed by atoms with Crippen LogP contribution < -0.4 is 0 Å². The molecule has 0 radical (unpaired) electrons. The highest BCUT2D eigenvalue weighted by Gasteiger charge is 2.02. The average molecular weight is 222 g/mol. The molecule has 0 amide bonds. The summed E-state index contributed by atoms with van der Waals surface area (Å²) in [4.78, 5) is 3.19. The first kappa shape index (κ1) is 17.3. The number of hydrogen-bond acceptors (Lipinski definition) is 2. The molecule has 1 atom stereocenters. The second-order valence-corrected chi connectivity index (χ2v) is 3.50. The Bertz CT molecular complexity index is 97.6. The molecular formula is C12H27FO2. The molecule has 15 heavy (non-hydrogen) atoms. The van der Waals surface area contributed by atoms with E-state index in [0.717, 1.165) is 25.9 Å². The van der Waals surface area contributed by atoms with Crippen LogP contribution >= 0.6 is 0 Å². The van der Waals surface area contributed by atoms with Gasteiger partial charge in [-0.05, 0) is 30.2 Å². The Kier molecular flexibility index (Phi) is 18.7. The topological polar surface area (TPSA) is 18.5 Å². The molecular weight excluding hydrogens is 195 g/mol. The van der Waals surface area contributed by atoms with E-state index in [1.165, 1.54) is 12.8 Å². The Morgan fingerprint density at radius 1 is 0.933 bits per heavy atom. The first-order valence-corrected chi connectivity index (χ1v) is 6.11. The summed E-state index contributed by atoms with van der Waals surface area (Å²) < 4.78 is 16.1. The Hall–Kier alpha value is -0.150. The van der Waals surface area contributed by atoms with Crippen molar-refractivity contribution >= 4 is 0 Å². The van der Waals surface area contributed by atoms with Crippen molar-refractivity contribution in [2.75, 3.05) is 13.2 Å². The Balaban J connectivity index is 0. The van der Waals surface area contributed by atoms with Gasteiger partial charge in [-0.3, -0.25) is 0 Å². The van der Waals surface area contributed by atoms with E-state index >= 15 is 0 Å². The fraction of sp³-hybridized carbons (Fsp3) is 1.00. The minimum absolute atomic E-state index is 0.222. The van der Waals surface area contributed by atoms with E-state index in [4.69, 9.17) is 4.74 Å². The summed E-state index contributed by atoms with van der Waals surface area (Å²) in [5.41, 5.74) is 0. The maximum atomic E-state index is 10.5. The molecule has 0 spiro atoms. The summed E-state index contributed by atoms with van der Waals surface area (Å²) in [5.74, 6) is 0. The second-order valence-electron chi connectivity index (χ2n) is 3.50. The molecule has 2 nitrogen and oxygen atoms in total. The average Bonchev–Trinajstić information content (AvgIpc) is 2.26. The van der Waals surface area contributed by atoms with Crippen LogP contribution in [0.3, 0.4) is 0 Å². The molecule has 0 aromatic carbocycles. The monoisotopic (exact) mass is 222 g/mol. The molecule has 0 rings (SSSR count). The van der Waals surface area contributed by atoms with Crippen LogP contribution in [0.2, 0.25) is 0 Å². The number of hydrogen-bond donors (Lipinski definition) is 0. The zero-order valence-electron chi connectivity index (χ0n) is 10.7. The number of ether oxygens (including phenoxy) is 1. The summed E-state index contributed by atoms with van der Waals surface area (Å²) in [6.07, 6.45) is 6.02. The number of rotatable bonds is 8. The molecule has 0 fully saturated rings. The van der Waals surface area contributed by atoms with Crippen molar-refractivity contribution in [3.05, 3.63) is 0 Å². The van der Waals surface area contributed by atoms with Gasteiger partial charge in [0.05, 0.1) is 12.7 Å². The highest BCUT2D eigenvalue weighted by Crippen LogP contribution is 2.05. The normalized spacial score (nSPS) is 11.8. The summed E-state index contributed by atoms with van der Waals surface area (Å²) in [5, 5.41) is 0. The minimum Gasteiger partial charge on any atom is -0.378 e. The third-order valence-corrected chi connectivity index (χ3v) is 1.90. The van der Waals surface area contributed by atoms with Gasteiger partial charge in [-0.15, -0.1) is 0 Å². The van der Waals surface area contributed by atoms with E-state index in [0.29, 0.717) is 6.10 Å². The molecule has 0 aliphatic carbocycles. The first-order valence-electron chi connectivity index (χ1n) is 6.11. The van der Waals surface area contributed by atoms with E-state index in [1.807, 2.05) is 6.92 Å². The fourth-order valence-electron chi connectivity index (χ4n) is 1.09. The Morgan fingerprint density at radius 3 is 1.80 bits per heavy atom. The van der Waals surface area contributed by atoms with Crippen molar-refractivity contribution < 1.29 is 14.2 Å². The third kappa shape index (κ3) is 16.5. The van der Waals surface area contributed by atoms with Gasteiger partial charge in [-0.1, -0.05) is 34.1 Å². The highest BCUT2D eigenvalue weighted by atomic mass is 19.3. The Labute approximate surface area is 94.1 Å². The van der Waals surface area contributed by atoms with Crippen LogP contribution in [0.15, 0.2) is 0 Å². The standard InChI is InChI=1S/C9H20O.C3H7FO/c1-4-7-9(6-3)10-8-5-2;1-2-3-5-4/h9H,4-8H2,1-3H3;2-3H2,1H3/t9-;/m1./s1. The van der Waals surface area contributed by atoms with E-state index in [2.05, 4.69) is 25.7 Å². The predicted molar refractivity (Wildman–Crippen MR) is 62.6 cm³/mol.